The van der Waals surface area contributed by atoms with Gasteiger partial charge in [-0.2, -0.15) is 13.2 Å². The molecule has 1 unspecified atom stereocenters. The maximum atomic E-state index is 12.5. The molecule has 0 spiro atoms. The number of anilines is 1. The lowest BCUT2D eigenvalue weighted by molar-refractivity contribution is -0.137. The van der Waals surface area contributed by atoms with Crippen LogP contribution in [0.4, 0.5) is 18.9 Å². The molecule has 1 atom stereocenters. The summed E-state index contributed by atoms with van der Waals surface area (Å²) in [6.45, 7) is 1.66. The van der Waals surface area contributed by atoms with Crippen molar-refractivity contribution in [2.45, 2.75) is 24.0 Å². The van der Waals surface area contributed by atoms with E-state index in [0.717, 1.165) is 12.1 Å². The number of hydrogen-bond donors (Lipinski definition) is 1. The first kappa shape index (κ1) is 12.2. The Morgan fingerprint density at radius 2 is 2.00 bits per heavy atom. The Kier molecular flexibility index (Phi) is 2.61. The molecule has 0 bridgehead atoms. The first-order valence-corrected chi connectivity index (χ1v) is 6.56. The van der Waals surface area contributed by atoms with Crippen molar-refractivity contribution in [2.24, 2.45) is 0 Å². The van der Waals surface area contributed by atoms with E-state index in [4.69, 9.17) is 0 Å². The lowest BCUT2D eigenvalue weighted by Crippen LogP contribution is -2.31. The van der Waals surface area contributed by atoms with Gasteiger partial charge in [0.05, 0.1) is 21.9 Å². The molecule has 1 N–H and O–H groups in total. The lowest BCUT2D eigenvalue weighted by Gasteiger charge is -2.24. The molecule has 94 valence electrons. The zero-order valence-electron chi connectivity index (χ0n) is 8.88. The monoisotopic (exact) mass is 265 g/mol. The van der Waals surface area contributed by atoms with E-state index in [-0.39, 0.29) is 22.4 Å². The van der Waals surface area contributed by atoms with E-state index in [1.165, 1.54) is 0 Å². The standard InChI is InChI=1S/C10H10F3NO2S/c1-6-5-17(15,16)9-4-7(10(11,12)13)2-3-8(9)14-6/h2-4,6,14H,5H2,1H3. The van der Waals surface area contributed by atoms with Crippen LogP contribution in [0.25, 0.3) is 0 Å². The minimum atomic E-state index is -4.53. The second-order valence-electron chi connectivity index (χ2n) is 4.04. The van der Waals surface area contributed by atoms with Crippen LogP contribution in [0, 0.1) is 0 Å². The van der Waals surface area contributed by atoms with E-state index in [2.05, 4.69) is 5.32 Å². The van der Waals surface area contributed by atoms with Gasteiger partial charge in [-0.25, -0.2) is 8.42 Å². The van der Waals surface area contributed by atoms with Crippen molar-refractivity contribution < 1.29 is 21.6 Å². The third-order valence-electron chi connectivity index (χ3n) is 2.52. The SMILES string of the molecule is CC1CS(=O)(=O)c2cc(C(F)(F)F)ccc2N1. The van der Waals surface area contributed by atoms with Gasteiger partial charge < -0.3 is 5.32 Å². The quantitative estimate of drug-likeness (QED) is 0.783. The largest absolute Gasteiger partial charge is 0.416 e. The molecule has 0 amide bonds. The number of sulfone groups is 1. The van der Waals surface area contributed by atoms with Gasteiger partial charge in [0.1, 0.15) is 0 Å². The Bertz CT molecular complexity index is 551. The normalized spacial score (nSPS) is 22.7. The minimum Gasteiger partial charge on any atom is -0.380 e. The summed E-state index contributed by atoms with van der Waals surface area (Å²) in [5.74, 6) is -0.193. The highest BCUT2D eigenvalue weighted by Gasteiger charge is 2.34. The fourth-order valence-corrected chi connectivity index (χ4v) is 3.49. The Labute approximate surface area is 96.6 Å². The summed E-state index contributed by atoms with van der Waals surface area (Å²) >= 11 is 0. The van der Waals surface area contributed by atoms with Crippen molar-refractivity contribution in [1.29, 1.82) is 0 Å². The van der Waals surface area contributed by atoms with Crippen LogP contribution in [0.5, 0.6) is 0 Å². The van der Waals surface area contributed by atoms with Gasteiger partial charge in [0.25, 0.3) is 0 Å². The Morgan fingerprint density at radius 3 is 2.59 bits per heavy atom. The van der Waals surface area contributed by atoms with Gasteiger partial charge in [-0.05, 0) is 25.1 Å². The molecule has 17 heavy (non-hydrogen) atoms. The lowest BCUT2D eigenvalue weighted by atomic mass is 10.2. The van der Waals surface area contributed by atoms with Crippen LogP contribution in [0.1, 0.15) is 12.5 Å². The molecule has 1 aromatic rings. The van der Waals surface area contributed by atoms with E-state index in [1.807, 2.05) is 0 Å². The average Bonchev–Trinajstić information content (AvgIpc) is 2.13. The van der Waals surface area contributed by atoms with Crippen LogP contribution < -0.4 is 5.32 Å². The molecule has 0 saturated carbocycles. The van der Waals surface area contributed by atoms with E-state index in [1.54, 1.807) is 6.92 Å². The molecule has 7 heteroatoms. The minimum absolute atomic E-state index is 0.193. The highest BCUT2D eigenvalue weighted by molar-refractivity contribution is 7.91. The van der Waals surface area contributed by atoms with E-state index in [0.29, 0.717) is 6.07 Å². The number of alkyl halides is 3. The Balaban J connectivity index is 2.60. The smallest absolute Gasteiger partial charge is 0.380 e. The third kappa shape index (κ3) is 2.24. The summed E-state index contributed by atoms with van der Waals surface area (Å²) in [5.41, 5.74) is -0.715. The van der Waals surface area contributed by atoms with Gasteiger partial charge in [0.15, 0.2) is 9.84 Å². The molecule has 0 aliphatic carbocycles. The van der Waals surface area contributed by atoms with Crippen molar-refractivity contribution in [3.63, 3.8) is 0 Å². The van der Waals surface area contributed by atoms with Crippen LogP contribution in [0.15, 0.2) is 23.1 Å². The maximum Gasteiger partial charge on any atom is 0.416 e. The zero-order chi connectivity index (χ0) is 12.8. The predicted molar refractivity (Wildman–Crippen MR) is 56.6 cm³/mol. The van der Waals surface area contributed by atoms with Crippen LogP contribution >= 0.6 is 0 Å². The number of fused-ring (bicyclic) bond motifs is 1. The molecule has 3 nitrogen and oxygen atoms in total. The molecule has 2 rings (SSSR count). The Hall–Kier alpha value is -1.24. The predicted octanol–water partition coefficient (Wildman–Crippen LogP) is 2.29. The van der Waals surface area contributed by atoms with Crippen molar-refractivity contribution >= 4 is 15.5 Å². The maximum absolute atomic E-state index is 12.5. The average molecular weight is 265 g/mol. The van der Waals surface area contributed by atoms with Crippen LogP contribution in [0.3, 0.4) is 0 Å². The van der Waals surface area contributed by atoms with Crippen molar-refractivity contribution in [2.75, 3.05) is 11.1 Å². The zero-order valence-corrected chi connectivity index (χ0v) is 9.69. The van der Waals surface area contributed by atoms with E-state index < -0.39 is 21.6 Å². The molecule has 1 aromatic carbocycles. The van der Waals surface area contributed by atoms with E-state index in [9.17, 15) is 21.6 Å². The number of rotatable bonds is 0. The van der Waals surface area contributed by atoms with Gasteiger partial charge in [0, 0.05) is 6.04 Å². The van der Waals surface area contributed by atoms with Crippen LogP contribution in [-0.2, 0) is 16.0 Å². The summed E-state index contributed by atoms with van der Waals surface area (Å²) in [6, 6.07) is 2.41. The molecule has 0 fully saturated rings. The molecule has 0 aromatic heterocycles. The van der Waals surface area contributed by atoms with Crippen molar-refractivity contribution in [3.8, 4) is 0 Å². The van der Waals surface area contributed by atoms with Crippen LogP contribution in [0.2, 0.25) is 0 Å². The molecule has 1 aliphatic heterocycles. The Morgan fingerprint density at radius 1 is 1.35 bits per heavy atom. The number of halogens is 3. The summed E-state index contributed by atoms with van der Waals surface area (Å²) in [6.07, 6.45) is -4.53. The molecule has 1 heterocycles. The third-order valence-corrected chi connectivity index (χ3v) is 4.46. The van der Waals surface area contributed by atoms with Gasteiger partial charge in [0.2, 0.25) is 0 Å². The summed E-state index contributed by atoms with van der Waals surface area (Å²) < 4.78 is 60.9. The number of hydrogen-bond acceptors (Lipinski definition) is 3. The molecular weight excluding hydrogens is 255 g/mol. The first-order valence-electron chi connectivity index (χ1n) is 4.91. The number of nitrogens with one attached hydrogen (secondary N) is 1. The summed E-state index contributed by atoms with van der Waals surface area (Å²) in [7, 11) is -3.64. The van der Waals surface area contributed by atoms with Gasteiger partial charge in [-0.1, -0.05) is 0 Å². The topological polar surface area (TPSA) is 46.2 Å². The molecule has 0 saturated heterocycles. The first-order chi connectivity index (χ1) is 7.70. The number of benzene rings is 1. The second-order valence-corrected chi connectivity index (χ2v) is 6.04. The highest BCUT2D eigenvalue weighted by Crippen LogP contribution is 2.35. The summed E-state index contributed by atoms with van der Waals surface area (Å²) in [4.78, 5) is -0.273. The van der Waals surface area contributed by atoms with Crippen molar-refractivity contribution in [3.05, 3.63) is 23.8 Å². The van der Waals surface area contributed by atoms with Gasteiger partial charge in [-0.3, -0.25) is 0 Å². The fourth-order valence-electron chi connectivity index (χ4n) is 1.80. The van der Waals surface area contributed by atoms with Crippen LogP contribution in [-0.4, -0.2) is 20.2 Å². The molecule has 1 aliphatic rings. The highest BCUT2D eigenvalue weighted by atomic mass is 32.2. The molecule has 0 radical (unpaired) electrons. The van der Waals surface area contributed by atoms with Gasteiger partial charge in [-0.15, -0.1) is 0 Å². The second kappa shape index (κ2) is 3.63. The summed E-state index contributed by atoms with van der Waals surface area (Å²) in [5, 5.41) is 2.85. The molecular formula is C10H10F3NO2S. The van der Waals surface area contributed by atoms with E-state index >= 15 is 0 Å². The van der Waals surface area contributed by atoms with Gasteiger partial charge >= 0.3 is 6.18 Å². The fraction of sp³-hybridized carbons (Fsp3) is 0.400. The van der Waals surface area contributed by atoms with Crippen molar-refractivity contribution in [1.82, 2.24) is 0 Å².